The average molecular weight is 231 g/mol. The monoisotopic (exact) mass is 231 g/mol. The van der Waals surface area contributed by atoms with Gasteiger partial charge in [0.05, 0.1) is 6.54 Å². The Bertz CT molecular complexity index is 267. The molecule has 0 fully saturated rings. The van der Waals surface area contributed by atoms with Gasteiger partial charge in [0.15, 0.2) is 0 Å². The quantitative estimate of drug-likeness (QED) is 0.402. The van der Waals surface area contributed by atoms with E-state index in [2.05, 4.69) is 10.6 Å². The van der Waals surface area contributed by atoms with Crippen molar-refractivity contribution in [2.75, 3.05) is 13.1 Å². The Morgan fingerprint density at radius 1 is 1.38 bits per heavy atom. The van der Waals surface area contributed by atoms with Crippen LogP contribution in [0, 0.1) is 0 Å². The molecule has 92 valence electrons. The van der Waals surface area contributed by atoms with E-state index in [1.165, 1.54) is 0 Å². The number of nitrogens with two attached hydrogens (primary N) is 1. The summed E-state index contributed by atoms with van der Waals surface area (Å²) in [5, 5.41) is 13.8. The summed E-state index contributed by atoms with van der Waals surface area (Å²) in [6, 6.07) is -1.07. The Morgan fingerprint density at radius 2 is 2.00 bits per heavy atom. The van der Waals surface area contributed by atoms with Crippen LogP contribution in [0.4, 0.5) is 0 Å². The first-order valence-electron chi connectivity index (χ1n) is 4.98. The Kier molecular flexibility index (Phi) is 6.86. The first-order valence-corrected chi connectivity index (χ1v) is 4.98. The van der Waals surface area contributed by atoms with Crippen LogP contribution in [0.25, 0.3) is 0 Å². The van der Waals surface area contributed by atoms with E-state index in [0.29, 0.717) is 6.54 Å². The van der Waals surface area contributed by atoms with E-state index in [1.807, 2.05) is 6.92 Å². The van der Waals surface area contributed by atoms with Gasteiger partial charge in [0.25, 0.3) is 0 Å². The predicted molar refractivity (Wildman–Crippen MR) is 56.5 cm³/mol. The molecule has 1 atom stereocenters. The molecule has 7 heteroatoms. The Morgan fingerprint density at radius 3 is 2.44 bits per heavy atom. The second kappa shape index (κ2) is 7.63. The highest BCUT2D eigenvalue weighted by atomic mass is 16.4. The van der Waals surface area contributed by atoms with Crippen LogP contribution in [-0.2, 0) is 14.4 Å². The summed E-state index contributed by atoms with van der Waals surface area (Å²) in [7, 11) is 0. The summed E-state index contributed by atoms with van der Waals surface area (Å²) in [6.07, 6.45) is -0.0685. The number of rotatable bonds is 8. The molecule has 5 N–H and O–H groups in total. The Hall–Kier alpha value is -1.63. The normalized spacial score (nSPS) is 11.8. The zero-order chi connectivity index (χ0) is 12.6. The molecule has 0 radical (unpaired) electrons. The largest absolute Gasteiger partial charge is 0.480 e. The Labute approximate surface area is 93.4 Å². The van der Waals surface area contributed by atoms with Crippen molar-refractivity contribution in [2.24, 2.45) is 5.73 Å². The SMILES string of the molecule is CCNCC(=O)N[C@H](CCC(N)=O)C(=O)O. The molecular formula is C9H17N3O4. The number of carboxylic acids is 1. The van der Waals surface area contributed by atoms with Gasteiger partial charge in [-0.15, -0.1) is 0 Å². The van der Waals surface area contributed by atoms with Crippen LogP contribution < -0.4 is 16.4 Å². The summed E-state index contributed by atoms with van der Waals surface area (Å²) < 4.78 is 0. The number of carboxylic acid groups (broad SMARTS) is 1. The molecule has 0 saturated carbocycles. The highest BCUT2D eigenvalue weighted by Crippen LogP contribution is 1.97. The van der Waals surface area contributed by atoms with Crippen molar-refractivity contribution in [1.82, 2.24) is 10.6 Å². The Balaban J connectivity index is 4.07. The number of carbonyl (C=O) groups excluding carboxylic acids is 2. The fraction of sp³-hybridized carbons (Fsp3) is 0.667. The molecule has 0 rings (SSSR count). The minimum atomic E-state index is -1.17. The lowest BCUT2D eigenvalue weighted by Gasteiger charge is -2.13. The molecule has 0 aromatic carbocycles. The molecule has 0 aromatic rings. The third-order valence-corrected chi connectivity index (χ3v) is 1.85. The summed E-state index contributed by atoms with van der Waals surface area (Å²) in [4.78, 5) is 32.4. The molecule has 0 aromatic heterocycles. The first-order chi connectivity index (χ1) is 7.47. The molecule has 7 nitrogen and oxygen atoms in total. The number of hydrogen-bond donors (Lipinski definition) is 4. The molecular weight excluding hydrogens is 214 g/mol. The highest BCUT2D eigenvalue weighted by Gasteiger charge is 2.19. The van der Waals surface area contributed by atoms with Gasteiger partial charge in [0.2, 0.25) is 11.8 Å². The van der Waals surface area contributed by atoms with Crippen LogP contribution in [0.1, 0.15) is 19.8 Å². The molecule has 0 unspecified atom stereocenters. The van der Waals surface area contributed by atoms with Crippen LogP contribution in [0.5, 0.6) is 0 Å². The number of carbonyl (C=O) groups is 3. The van der Waals surface area contributed by atoms with Crippen LogP contribution in [0.2, 0.25) is 0 Å². The fourth-order valence-electron chi connectivity index (χ4n) is 1.03. The number of amides is 2. The van der Waals surface area contributed by atoms with Gasteiger partial charge < -0.3 is 21.5 Å². The van der Waals surface area contributed by atoms with E-state index in [0.717, 1.165) is 0 Å². The molecule has 0 spiro atoms. The summed E-state index contributed by atoms with van der Waals surface area (Å²) in [5.74, 6) is -2.18. The molecule has 0 aliphatic rings. The van der Waals surface area contributed by atoms with Gasteiger partial charge in [-0.25, -0.2) is 4.79 Å². The van der Waals surface area contributed by atoms with Gasteiger partial charge >= 0.3 is 5.97 Å². The lowest BCUT2D eigenvalue weighted by molar-refractivity contribution is -0.142. The van der Waals surface area contributed by atoms with Crippen molar-refractivity contribution in [3.05, 3.63) is 0 Å². The summed E-state index contributed by atoms with van der Waals surface area (Å²) in [5.41, 5.74) is 4.89. The molecule has 0 aliphatic heterocycles. The number of likely N-dealkylation sites (N-methyl/N-ethyl adjacent to an activating group) is 1. The van der Waals surface area contributed by atoms with Crippen molar-refractivity contribution >= 4 is 17.8 Å². The number of hydrogen-bond acceptors (Lipinski definition) is 4. The number of aliphatic carboxylic acids is 1. The summed E-state index contributed by atoms with van der Waals surface area (Å²) >= 11 is 0. The van der Waals surface area contributed by atoms with Crippen LogP contribution in [0.3, 0.4) is 0 Å². The van der Waals surface area contributed by atoms with E-state index in [1.54, 1.807) is 0 Å². The van der Waals surface area contributed by atoms with Crippen molar-refractivity contribution < 1.29 is 19.5 Å². The third-order valence-electron chi connectivity index (χ3n) is 1.85. The van der Waals surface area contributed by atoms with Gasteiger partial charge in [-0.3, -0.25) is 9.59 Å². The van der Waals surface area contributed by atoms with Gasteiger partial charge in [0, 0.05) is 6.42 Å². The van der Waals surface area contributed by atoms with Crippen LogP contribution in [-0.4, -0.2) is 42.0 Å². The van der Waals surface area contributed by atoms with Crippen molar-refractivity contribution in [3.8, 4) is 0 Å². The number of nitrogens with one attached hydrogen (secondary N) is 2. The second-order valence-corrected chi connectivity index (χ2v) is 3.24. The molecule has 0 heterocycles. The van der Waals surface area contributed by atoms with Crippen molar-refractivity contribution in [1.29, 1.82) is 0 Å². The van der Waals surface area contributed by atoms with E-state index in [4.69, 9.17) is 10.8 Å². The fourth-order valence-corrected chi connectivity index (χ4v) is 1.03. The maximum Gasteiger partial charge on any atom is 0.326 e. The van der Waals surface area contributed by atoms with Crippen LogP contribution >= 0.6 is 0 Å². The standard InChI is InChI=1S/C9H17N3O4/c1-2-11-5-8(14)12-6(9(15)16)3-4-7(10)13/h6,11H,2-5H2,1H3,(H2,10,13)(H,12,14)(H,15,16)/t6-/m1/s1. The topological polar surface area (TPSA) is 122 Å². The maximum absolute atomic E-state index is 11.2. The lowest BCUT2D eigenvalue weighted by Crippen LogP contribution is -2.44. The molecule has 2 amide bonds. The molecule has 0 bridgehead atoms. The average Bonchev–Trinajstić information content (AvgIpc) is 2.20. The van der Waals surface area contributed by atoms with Gasteiger partial charge in [-0.2, -0.15) is 0 Å². The zero-order valence-corrected chi connectivity index (χ0v) is 9.16. The predicted octanol–water partition coefficient (Wildman–Crippen LogP) is -1.57. The minimum Gasteiger partial charge on any atom is -0.480 e. The number of primary amides is 1. The second-order valence-electron chi connectivity index (χ2n) is 3.24. The lowest BCUT2D eigenvalue weighted by atomic mass is 10.1. The van der Waals surface area contributed by atoms with E-state index in [-0.39, 0.29) is 19.4 Å². The van der Waals surface area contributed by atoms with Crippen molar-refractivity contribution in [2.45, 2.75) is 25.8 Å². The smallest absolute Gasteiger partial charge is 0.326 e. The van der Waals surface area contributed by atoms with E-state index >= 15 is 0 Å². The van der Waals surface area contributed by atoms with Gasteiger partial charge in [-0.1, -0.05) is 6.92 Å². The highest BCUT2D eigenvalue weighted by molar-refractivity contribution is 5.85. The summed E-state index contributed by atoms with van der Waals surface area (Å²) in [6.45, 7) is 2.50. The molecule has 16 heavy (non-hydrogen) atoms. The zero-order valence-electron chi connectivity index (χ0n) is 9.16. The van der Waals surface area contributed by atoms with Crippen molar-refractivity contribution in [3.63, 3.8) is 0 Å². The minimum absolute atomic E-state index is 0.00251. The maximum atomic E-state index is 11.2. The van der Waals surface area contributed by atoms with Gasteiger partial charge in [-0.05, 0) is 13.0 Å². The van der Waals surface area contributed by atoms with Crippen LogP contribution in [0.15, 0.2) is 0 Å². The third kappa shape index (κ3) is 6.77. The molecule has 0 saturated heterocycles. The van der Waals surface area contributed by atoms with E-state index < -0.39 is 23.8 Å². The van der Waals surface area contributed by atoms with E-state index in [9.17, 15) is 14.4 Å². The van der Waals surface area contributed by atoms with Gasteiger partial charge in [0.1, 0.15) is 6.04 Å². The first kappa shape index (κ1) is 14.4. The molecule has 0 aliphatic carbocycles.